The van der Waals surface area contributed by atoms with Crippen LogP contribution in [0.25, 0.3) is 0 Å². The number of hydrogen-bond acceptors (Lipinski definition) is 1. The maximum atomic E-state index is 5.23. The Morgan fingerprint density at radius 3 is 1.45 bits per heavy atom. The topological polar surface area (TPSA) is 9.23 Å². The van der Waals surface area contributed by atoms with Gasteiger partial charge in [-0.05, 0) is 31.3 Å². The third-order valence-electron chi connectivity index (χ3n) is 3.99. The average Bonchev–Trinajstić information content (AvgIpc) is 2.46. The maximum absolute atomic E-state index is 5.23. The van der Waals surface area contributed by atoms with Crippen molar-refractivity contribution >= 4 is 0 Å². The molecule has 0 rings (SSSR count). The molecule has 120 valence electrons. The summed E-state index contributed by atoms with van der Waals surface area (Å²) in [6.45, 7) is 4.56. The second kappa shape index (κ2) is 16.6. The highest BCUT2D eigenvalue weighted by molar-refractivity contribution is 4.97. The van der Waals surface area contributed by atoms with E-state index in [1.165, 1.54) is 95.5 Å². The van der Waals surface area contributed by atoms with Crippen molar-refractivity contribution < 1.29 is 4.74 Å². The standard InChI is InChI=1S/C19H38O/c1-4-6-8-10-12-14-16-19(18-20-3)17-15-13-11-9-7-5-2/h18H,4-17H2,1-3H3. The zero-order valence-electron chi connectivity index (χ0n) is 14.4. The van der Waals surface area contributed by atoms with Crippen LogP contribution in [0.5, 0.6) is 0 Å². The molecular weight excluding hydrogens is 244 g/mol. The van der Waals surface area contributed by atoms with E-state index in [2.05, 4.69) is 13.8 Å². The molecule has 0 aromatic heterocycles. The Bertz CT molecular complexity index is 190. The van der Waals surface area contributed by atoms with Crippen LogP contribution < -0.4 is 0 Å². The molecule has 1 nitrogen and oxygen atoms in total. The molecule has 0 fully saturated rings. The van der Waals surface area contributed by atoms with Crippen LogP contribution in [0, 0.1) is 0 Å². The van der Waals surface area contributed by atoms with Gasteiger partial charge in [-0.15, -0.1) is 0 Å². The van der Waals surface area contributed by atoms with Crippen LogP contribution in [0.1, 0.15) is 104 Å². The minimum absolute atomic E-state index is 1.24. The molecule has 0 amide bonds. The van der Waals surface area contributed by atoms with E-state index in [1.807, 2.05) is 6.26 Å². The zero-order chi connectivity index (χ0) is 14.9. The average molecular weight is 283 g/mol. The fourth-order valence-electron chi connectivity index (χ4n) is 2.67. The predicted octanol–water partition coefficient (Wildman–Crippen LogP) is 7.02. The summed E-state index contributed by atoms with van der Waals surface area (Å²) in [6.07, 6.45) is 21.1. The Labute approximate surface area is 128 Å². The molecule has 20 heavy (non-hydrogen) atoms. The lowest BCUT2D eigenvalue weighted by Crippen LogP contribution is -1.89. The van der Waals surface area contributed by atoms with Crippen molar-refractivity contribution in [1.29, 1.82) is 0 Å². The molecule has 0 radical (unpaired) electrons. The van der Waals surface area contributed by atoms with Gasteiger partial charge in [-0.1, -0.05) is 78.1 Å². The second-order valence-corrected chi connectivity index (χ2v) is 6.05. The molecule has 0 aliphatic heterocycles. The van der Waals surface area contributed by atoms with E-state index < -0.39 is 0 Å². The molecule has 1 heteroatoms. The number of allylic oxidation sites excluding steroid dienone is 1. The fraction of sp³-hybridized carbons (Fsp3) is 0.895. The SMILES string of the molecule is CCCCCCCCC(=COC)CCCCCCCC. The highest BCUT2D eigenvalue weighted by Crippen LogP contribution is 2.18. The third-order valence-corrected chi connectivity index (χ3v) is 3.99. The molecule has 0 aromatic rings. The van der Waals surface area contributed by atoms with E-state index >= 15 is 0 Å². The first-order valence-electron chi connectivity index (χ1n) is 9.05. The summed E-state index contributed by atoms with van der Waals surface area (Å²) in [7, 11) is 1.78. The van der Waals surface area contributed by atoms with Crippen molar-refractivity contribution in [3.05, 3.63) is 11.8 Å². The highest BCUT2D eigenvalue weighted by Gasteiger charge is 2.00. The lowest BCUT2D eigenvalue weighted by Gasteiger charge is -2.07. The Morgan fingerprint density at radius 1 is 0.650 bits per heavy atom. The van der Waals surface area contributed by atoms with Gasteiger partial charge < -0.3 is 4.74 Å². The summed E-state index contributed by atoms with van der Waals surface area (Å²) < 4.78 is 5.23. The summed E-state index contributed by atoms with van der Waals surface area (Å²) in [4.78, 5) is 0. The van der Waals surface area contributed by atoms with Crippen molar-refractivity contribution in [1.82, 2.24) is 0 Å². The zero-order valence-corrected chi connectivity index (χ0v) is 14.4. The van der Waals surface area contributed by atoms with E-state index in [1.54, 1.807) is 7.11 Å². The van der Waals surface area contributed by atoms with Gasteiger partial charge in [0.2, 0.25) is 0 Å². The third kappa shape index (κ3) is 14.0. The van der Waals surface area contributed by atoms with Crippen LogP contribution in [0.15, 0.2) is 11.8 Å². The van der Waals surface area contributed by atoms with E-state index in [0.717, 1.165) is 0 Å². The van der Waals surface area contributed by atoms with Crippen molar-refractivity contribution in [3.63, 3.8) is 0 Å². The molecule has 0 aliphatic rings. The molecule has 0 spiro atoms. The van der Waals surface area contributed by atoms with Gasteiger partial charge in [0, 0.05) is 0 Å². The molecule has 0 unspecified atom stereocenters. The van der Waals surface area contributed by atoms with Gasteiger partial charge in [-0.2, -0.15) is 0 Å². The summed E-state index contributed by atoms with van der Waals surface area (Å²) in [5.74, 6) is 0. The smallest absolute Gasteiger partial charge is 0.0816 e. The van der Waals surface area contributed by atoms with E-state index in [-0.39, 0.29) is 0 Å². The number of hydrogen-bond donors (Lipinski definition) is 0. The number of unbranched alkanes of at least 4 members (excludes halogenated alkanes) is 10. The minimum atomic E-state index is 1.24. The van der Waals surface area contributed by atoms with Gasteiger partial charge in [0.05, 0.1) is 13.4 Å². The summed E-state index contributed by atoms with van der Waals surface area (Å²) in [5.41, 5.74) is 1.53. The van der Waals surface area contributed by atoms with Gasteiger partial charge in [0.1, 0.15) is 0 Å². The molecular formula is C19H38O. The predicted molar refractivity (Wildman–Crippen MR) is 91.1 cm³/mol. The van der Waals surface area contributed by atoms with Crippen molar-refractivity contribution in [3.8, 4) is 0 Å². The van der Waals surface area contributed by atoms with Crippen LogP contribution >= 0.6 is 0 Å². The van der Waals surface area contributed by atoms with Crippen molar-refractivity contribution in [2.45, 2.75) is 104 Å². The molecule has 0 aromatic carbocycles. The van der Waals surface area contributed by atoms with E-state index in [4.69, 9.17) is 4.74 Å². The van der Waals surface area contributed by atoms with E-state index in [9.17, 15) is 0 Å². The van der Waals surface area contributed by atoms with Crippen LogP contribution in [0.3, 0.4) is 0 Å². The molecule has 0 heterocycles. The number of rotatable bonds is 15. The van der Waals surface area contributed by atoms with Crippen LogP contribution in [-0.2, 0) is 4.74 Å². The van der Waals surface area contributed by atoms with Gasteiger partial charge in [-0.25, -0.2) is 0 Å². The molecule has 0 atom stereocenters. The Kier molecular flexibility index (Phi) is 16.2. The number of ether oxygens (including phenoxy) is 1. The maximum Gasteiger partial charge on any atom is 0.0816 e. The highest BCUT2D eigenvalue weighted by atomic mass is 16.5. The van der Waals surface area contributed by atoms with Gasteiger partial charge >= 0.3 is 0 Å². The lowest BCUT2D eigenvalue weighted by atomic mass is 10.0. The Hall–Kier alpha value is -0.460. The molecule has 0 aliphatic carbocycles. The fourth-order valence-corrected chi connectivity index (χ4v) is 2.67. The lowest BCUT2D eigenvalue weighted by molar-refractivity contribution is 0.330. The molecule has 0 N–H and O–H groups in total. The summed E-state index contributed by atoms with van der Waals surface area (Å²) in [6, 6.07) is 0. The van der Waals surface area contributed by atoms with Crippen LogP contribution in [0.4, 0.5) is 0 Å². The van der Waals surface area contributed by atoms with Gasteiger partial charge in [0.15, 0.2) is 0 Å². The van der Waals surface area contributed by atoms with Crippen LogP contribution in [-0.4, -0.2) is 7.11 Å². The molecule has 0 saturated carbocycles. The van der Waals surface area contributed by atoms with E-state index in [0.29, 0.717) is 0 Å². The first-order chi connectivity index (χ1) is 9.85. The van der Waals surface area contributed by atoms with Gasteiger partial charge in [0.25, 0.3) is 0 Å². The van der Waals surface area contributed by atoms with Crippen LogP contribution in [0.2, 0.25) is 0 Å². The summed E-state index contributed by atoms with van der Waals surface area (Å²) >= 11 is 0. The van der Waals surface area contributed by atoms with Crippen molar-refractivity contribution in [2.24, 2.45) is 0 Å². The minimum Gasteiger partial charge on any atom is -0.504 e. The second-order valence-electron chi connectivity index (χ2n) is 6.05. The first kappa shape index (κ1) is 19.5. The Morgan fingerprint density at radius 2 is 1.05 bits per heavy atom. The normalized spacial score (nSPS) is 10.6. The molecule has 0 saturated heterocycles. The summed E-state index contributed by atoms with van der Waals surface area (Å²) in [5, 5.41) is 0. The quantitative estimate of drug-likeness (QED) is 0.232. The largest absolute Gasteiger partial charge is 0.504 e. The Balaban J connectivity index is 3.54. The molecule has 0 bridgehead atoms. The number of methoxy groups -OCH3 is 1. The van der Waals surface area contributed by atoms with Gasteiger partial charge in [-0.3, -0.25) is 0 Å². The van der Waals surface area contributed by atoms with Crippen molar-refractivity contribution in [2.75, 3.05) is 7.11 Å². The monoisotopic (exact) mass is 282 g/mol. The first-order valence-corrected chi connectivity index (χ1v) is 9.05.